The zero-order valence-corrected chi connectivity index (χ0v) is 16.4. The summed E-state index contributed by atoms with van der Waals surface area (Å²) in [6, 6.07) is 13.0. The first-order chi connectivity index (χ1) is 12.7. The smallest absolute Gasteiger partial charge is 0.317 e. The standard InChI is InChI=1S/C22H24N2O3/c1-14-12-15(22(2,3)4)10-11-19(14)27-20(25)13-18-16-8-6-7-9-17(16)21(26)24(5)23-18/h6-12H,13H2,1-5H3. The highest BCUT2D eigenvalue weighted by Crippen LogP contribution is 2.27. The van der Waals surface area contributed by atoms with Crippen molar-refractivity contribution < 1.29 is 9.53 Å². The molecular weight excluding hydrogens is 340 g/mol. The van der Waals surface area contributed by atoms with Crippen LogP contribution in [0.3, 0.4) is 0 Å². The van der Waals surface area contributed by atoms with Crippen molar-refractivity contribution in [3.63, 3.8) is 0 Å². The van der Waals surface area contributed by atoms with Crippen LogP contribution in [0.2, 0.25) is 0 Å². The minimum atomic E-state index is -0.405. The van der Waals surface area contributed by atoms with Crippen LogP contribution in [-0.2, 0) is 23.7 Å². The van der Waals surface area contributed by atoms with E-state index in [1.165, 1.54) is 10.2 Å². The zero-order valence-electron chi connectivity index (χ0n) is 16.4. The lowest BCUT2D eigenvalue weighted by Crippen LogP contribution is -2.23. The van der Waals surface area contributed by atoms with Gasteiger partial charge in [0.15, 0.2) is 0 Å². The van der Waals surface area contributed by atoms with Gasteiger partial charge in [-0.25, -0.2) is 4.68 Å². The van der Waals surface area contributed by atoms with Gasteiger partial charge >= 0.3 is 5.97 Å². The molecule has 0 aliphatic rings. The number of esters is 1. The zero-order chi connectivity index (χ0) is 19.8. The Labute approximate surface area is 158 Å². The Morgan fingerprint density at radius 3 is 2.41 bits per heavy atom. The van der Waals surface area contributed by atoms with E-state index in [2.05, 4.69) is 25.9 Å². The Balaban J connectivity index is 1.86. The molecule has 0 amide bonds. The summed E-state index contributed by atoms with van der Waals surface area (Å²) < 4.78 is 6.83. The number of benzene rings is 2. The Hall–Kier alpha value is -2.95. The van der Waals surface area contributed by atoms with Gasteiger partial charge < -0.3 is 4.74 Å². The third-order valence-corrected chi connectivity index (χ3v) is 4.61. The number of hydrogen-bond donors (Lipinski definition) is 0. The molecule has 0 bridgehead atoms. The Morgan fingerprint density at radius 1 is 1.11 bits per heavy atom. The van der Waals surface area contributed by atoms with Gasteiger partial charge in [-0.15, -0.1) is 0 Å². The summed E-state index contributed by atoms with van der Waals surface area (Å²) in [6.45, 7) is 8.36. The summed E-state index contributed by atoms with van der Waals surface area (Å²) in [6.07, 6.45) is -0.00487. The quantitative estimate of drug-likeness (QED) is 0.525. The van der Waals surface area contributed by atoms with E-state index in [1.54, 1.807) is 25.2 Å². The number of aromatic nitrogens is 2. The van der Waals surface area contributed by atoms with E-state index in [9.17, 15) is 9.59 Å². The van der Waals surface area contributed by atoms with Crippen molar-refractivity contribution in [1.29, 1.82) is 0 Å². The molecule has 3 aromatic rings. The molecule has 0 N–H and O–H groups in total. The Morgan fingerprint density at radius 2 is 1.78 bits per heavy atom. The van der Waals surface area contributed by atoms with Gasteiger partial charge in [0.25, 0.3) is 5.56 Å². The molecule has 0 spiro atoms. The number of hydrogen-bond acceptors (Lipinski definition) is 4. The number of rotatable bonds is 3. The molecule has 1 aromatic heterocycles. The van der Waals surface area contributed by atoms with Crippen molar-refractivity contribution in [2.24, 2.45) is 7.05 Å². The van der Waals surface area contributed by atoms with E-state index in [4.69, 9.17) is 4.74 Å². The third-order valence-electron chi connectivity index (χ3n) is 4.61. The number of aryl methyl sites for hydroxylation is 2. The number of carbonyl (C=O) groups excluding carboxylic acids is 1. The fourth-order valence-corrected chi connectivity index (χ4v) is 3.03. The molecule has 1 heterocycles. The molecule has 0 aliphatic carbocycles. The monoisotopic (exact) mass is 364 g/mol. The molecule has 0 saturated heterocycles. The van der Waals surface area contributed by atoms with E-state index in [0.29, 0.717) is 22.2 Å². The van der Waals surface area contributed by atoms with E-state index in [0.717, 1.165) is 5.56 Å². The molecule has 0 radical (unpaired) electrons. The van der Waals surface area contributed by atoms with Crippen molar-refractivity contribution in [1.82, 2.24) is 9.78 Å². The molecular formula is C22H24N2O3. The average Bonchev–Trinajstić information content (AvgIpc) is 2.60. The van der Waals surface area contributed by atoms with E-state index >= 15 is 0 Å². The maximum absolute atomic E-state index is 12.5. The molecule has 2 aromatic carbocycles. The predicted octanol–water partition coefficient (Wildman–Crippen LogP) is 3.69. The van der Waals surface area contributed by atoms with Crippen molar-refractivity contribution in [3.05, 3.63) is 69.6 Å². The fraction of sp³-hybridized carbons (Fsp3) is 0.318. The van der Waals surface area contributed by atoms with Crippen molar-refractivity contribution in [3.8, 4) is 5.75 Å². The lowest BCUT2D eigenvalue weighted by atomic mass is 9.86. The van der Waals surface area contributed by atoms with Crippen LogP contribution in [0.25, 0.3) is 10.8 Å². The SMILES string of the molecule is Cc1cc(C(C)(C)C)ccc1OC(=O)Cc1nn(C)c(=O)c2ccccc12. The Kier molecular flexibility index (Phi) is 4.87. The van der Waals surface area contributed by atoms with Crippen LogP contribution in [0.5, 0.6) is 5.75 Å². The van der Waals surface area contributed by atoms with E-state index in [-0.39, 0.29) is 17.4 Å². The van der Waals surface area contributed by atoms with Crippen LogP contribution in [0.15, 0.2) is 47.3 Å². The molecule has 140 valence electrons. The molecule has 0 fully saturated rings. The van der Waals surface area contributed by atoms with Crippen LogP contribution < -0.4 is 10.3 Å². The van der Waals surface area contributed by atoms with Gasteiger partial charge in [-0.05, 0) is 35.6 Å². The van der Waals surface area contributed by atoms with Gasteiger partial charge in [-0.1, -0.05) is 51.1 Å². The minimum absolute atomic E-state index is 0.00487. The molecule has 0 unspecified atom stereocenters. The third kappa shape index (κ3) is 3.92. The van der Waals surface area contributed by atoms with Crippen molar-refractivity contribution in [2.75, 3.05) is 0 Å². The van der Waals surface area contributed by atoms with E-state index < -0.39 is 5.97 Å². The van der Waals surface area contributed by atoms with Gasteiger partial charge in [0.2, 0.25) is 0 Å². The van der Waals surface area contributed by atoms with Crippen LogP contribution in [0, 0.1) is 6.92 Å². The fourth-order valence-electron chi connectivity index (χ4n) is 3.03. The summed E-state index contributed by atoms with van der Waals surface area (Å²) >= 11 is 0. The minimum Gasteiger partial charge on any atom is -0.426 e. The predicted molar refractivity (Wildman–Crippen MR) is 106 cm³/mol. The Bertz CT molecular complexity index is 1080. The maximum atomic E-state index is 12.5. The van der Waals surface area contributed by atoms with Gasteiger partial charge in [0.05, 0.1) is 17.5 Å². The van der Waals surface area contributed by atoms with E-state index in [1.807, 2.05) is 31.2 Å². The molecule has 0 atom stereocenters. The molecule has 3 rings (SSSR count). The summed E-state index contributed by atoms with van der Waals surface area (Å²) in [5.41, 5.74) is 2.47. The summed E-state index contributed by atoms with van der Waals surface area (Å²) in [7, 11) is 1.58. The maximum Gasteiger partial charge on any atom is 0.317 e. The van der Waals surface area contributed by atoms with Gasteiger partial charge in [0.1, 0.15) is 5.75 Å². The van der Waals surface area contributed by atoms with Crippen LogP contribution in [0.4, 0.5) is 0 Å². The normalized spacial score (nSPS) is 11.6. The second kappa shape index (κ2) is 6.99. The molecule has 5 heteroatoms. The van der Waals surface area contributed by atoms with Gasteiger partial charge in [-0.3, -0.25) is 9.59 Å². The topological polar surface area (TPSA) is 61.2 Å². The molecule has 0 aliphatic heterocycles. The number of ether oxygens (including phenoxy) is 1. The first-order valence-electron chi connectivity index (χ1n) is 8.93. The average molecular weight is 364 g/mol. The van der Waals surface area contributed by atoms with Crippen molar-refractivity contribution >= 4 is 16.7 Å². The highest BCUT2D eigenvalue weighted by atomic mass is 16.5. The van der Waals surface area contributed by atoms with Crippen molar-refractivity contribution in [2.45, 2.75) is 39.5 Å². The van der Waals surface area contributed by atoms with Gasteiger partial charge in [0, 0.05) is 12.4 Å². The highest BCUT2D eigenvalue weighted by molar-refractivity contribution is 5.87. The summed E-state index contributed by atoms with van der Waals surface area (Å²) in [5, 5.41) is 5.48. The molecule has 0 saturated carbocycles. The van der Waals surface area contributed by atoms with Crippen LogP contribution in [-0.4, -0.2) is 15.7 Å². The highest BCUT2D eigenvalue weighted by Gasteiger charge is 2.17. The second-order valence-corrected chi connectivity index (χ2v) is 7.80. The molecule has 5 nitrogen and oxygen atoms in total. The van der Waals surface area contributed by atoms with Gasteiger partial charge in [-0.2, -0.15) is 5.10 Å². The lowest BCUT2D eigenvalue weighted by molar-refractivity contribution is -0.133. The number of fused-ring (bicyclic) bond motifs is 1. The molecule has 27 heavy (non-hydrogen) atoms. The number of nitrogens with zero attached hydrogens (tertiary/aromatic N) is 2. The lowest BCUT2D eigenvalue weighted by Gasteiger charge is -2.20. The van der Waals surface area contributed by atoms with Crippen LogP contribution in [0.1, 0.15) is 37.6 Å². The first kappa shape index (κ1) is 18.8. The summed E-state index contributed by atoms with van der Waals surface area (Å²) in [5.74, 6) is 0.139. The largest absolute Gasteiger partial charge is 0.426 e. The second-order valence-electron chi connectivity index (χ2n) is 7.80. The van der Waals surface area contributed by atoms with Crippen LogP contribution >= 0.6 is 0 Å². The summed E-state index contributed by atoms with van der Waals surface area (Å²) in [4.78, 5) is 24.7. The number of carbonyl (C=O) groups is 1. The first-order valence-corrected chi connectivity index (χ1v) is 8.93.